The lowest BCUT2D eigenvalue weighted by Gasteiger charge is -2.33. The zero-order valence-electron chi connectivity index (χ0n) is 14.7. The van der Waals surface area contributed by atoms with Crippen molar-refractivity contribution in [3.05, 3.63) is 24.5 Å². The van der Waals surface area contributed by atoms with Gasteiger partial charge in [0.15, 0.2) is 0 Å². The Bertz CT molecular complexity index is 779. The Morgan fingerprint density at radius 2 is 1.79 bits per heavy atom. The molecule has 1 aliphatic rings. The summed E-state index contributed by atoms with van der Waals surface area (Å²) in [5.74, 6) is -0.258. The van der Waals surface area contributed by atoms with E-state index < -0.39 is 34.6 Å². The van der Waals surface area contributed by atoms with Crippen LogP contribution in [0.15, 0.2) is 29.4 Å². The lowest BCUT2D eigenvalue weighted by molar-refractivity contribution is -0.308. The molecule has 1 aromatic heterocycles. The second-order valence-electron chi connectivity index (χ2n) is 6.32. The van der Waals surface area contributed by atoms with Gasteiger partial charge >= 0.3 is 18.4 Å². The highest BCUT2D eigenvalue weighted by atomic mass is 32.2. The van der Waals surface area contributed by atoms with E-state index in [9.17, 15) is 39.6 Å². The molecule has 2 heterocycles. The van der Waals surface area contributed by atoms with Crippen molar-refractivity contribution in [1.82, 2.24) is 14.6 Å². The van der Waals surface area contributed by atoms with Crippen LogP contribution < -0.4 is 4.72 Å². The number of carbonyl (C=O) groups is 1. The molecule has 1 saturated heterocycles. The van der Waals surface area contributed by atoms with Crippen LogP contribution in [0.5, 0.6) is 0 Å². The van der Waals surface area contributed by atoms with E-state index in [0.717, 1.165) is 11.1 Å². The first kappa shape index (κ1) is 23.2. The first-order valence-corrected chi connectivity index (χ1v) is 9.77. The lowest BCUT2D eigenvalue weighted by Crippen LogP contribution is -2.49. The third kappa shape index (κ3) is 6.45. The summed E-state index contributed by atoms with van der Waals surface area (Å²) in [6.45, 7) is -0.338. The van der Waals surface area contributed by atoms with Gasteiger partial charge < -0.3 is 9.64 Å². The van der Waals surface area contributed by atoms with Crippen molar-refractivity contribution < 1.29 is 44.3 Å². The van der Waals surface area contributed by atoms with Crippen LogP contribution in [0.2, 0.25) is 0 Å². The third-order valence-corrected chi connectivity index (χ3v) is 5.60. The largest absolute Gasteiger partial charge is 0.434 e. The Hall–Kier alpha value is -2.09. The van der Waals surface area contributed by atoms with E-state index in [0.29, 0.717) is 0 Å². The Labute approximate surface area is 162 Å². The van der Waals surface area contributed by atoms with Gasteiger partial charge in [0, 0.05) is 32.0 Å². The molecule has 7 nitrogen and oxygen atoms in total. The van der Waals surface area contributed by atoms with Gasteiger partial charge in [-0.2, -0.15) is 26.3 Å². The van der Waals surface area contributed by atoms with Crippen molar-refractivity contribution in [2.45, 2.75) is 36.2 Å². The van der Waals surface area contributed by atoms with Crippen molar-refractivity contribution in [3.63, 3.8) is 0 Å². The first-order chi connectivity index (χ1) is 13.3. The fourth-order valence-corrected chi connectivity index (χ4v) is 3.71. The third-order valence-electron chi connectivity index (χ3n) is 4.19. The molecule has 0 saturated carbocycles. The average Bonchev–Trinajstić information content (AvgIpc) is 2.63. The second-order valence-corrected chi connectivity index (χ2v) is 8.09. The van der Waals surface area contributed by atoms with Gasteiger partial charge in [-0.1, -0.05) is 0 Å². The van der Waals surface area contributed by atoms with E-state index in [1.54, 1.807) is 0 Å². The minimum atomic E-state index is -5.78. The second kappa shape index (κ2) is 8.73. The van der Waals surface area contributed by atoms with Crippen LogP contribution in [0.3, 0.4) is 0 Å². The molecular formula is C15H17F6N3O4S. The number of hydrogen-bond donors (Lipinski definition) is 1. The number of rotatable bonds is 5. The highest BCUT2D eigenvalue weighted by molar-refractivity contribution is 7.89. The summed E-state index contributed by atoms with van der Waals surface area (Å²) >= 11 is 0. The molecule has 0 atom stereocenters. The van der Waals surface area contributed by atoms with Gasteiger partial charge in [-0.25, -0.2) is 17.9 Å². The number of carbonyl (C=O) groups excluding carboxylic acids is 1. The standard InChI is InChI=1S/C15H17F6N3O4S/c16-14(17,18)12(15(19,20)21)28-13(25)24-6-3-10(4-7-24)8-23-29(26,27)11-2-1-5-22-9-11/h1-2,5,9-10,12,23H,3-4,6-8H2. The summed E-state index contributed by atoms with van der Waals surface area (Å²) in [6.07, 6.45) is -14.6. The summed E-state index contributed by atoms with van der Waals surface area (Å²) in [5.41, 5.74) is 0. The number of pyridine rings is 1. The van der Waals surface area contributed by atoms with Gasteiger partial charge in [0.1, 0.15) is 4.90 Å². The number of nitrogens with one attached hydrogen (secondary N) is 1. The normalized spacial score (nSPS) is 16.9. The van der Waals surface area contributed by atoms with E-state index in [4.69, 9.17) is 0 Å². The lowest BCUT2D eigenvalue weighted by atomic mass is 9.97. The summed E-state index contributed by atoms with van der Waals surface area (Å²) in [6, 6.07) is 2.78. The zero-order valence-corrected chi connectivity index (χ0v) is 15.5. The highest BCUT2D eigenvalue weighted by Crippen LogP contribution is 2.36. The Kier molecular flexibility index (Phi) is 6.98. The summed E-state index contributed by atoms with van der Waals surface area (Å²) in [5, 5.41) is 0. The van der Waals surface area contributed by atoms with Crippen LogP contribution in [0.4, 0.5) is 31.1 Å². The smallest absolute Gasteiger partial charge is 0.426 e. The van der Waals surface area contributed by atoms with Gasteiger partial charge in [0.05, 0.1) is 0 Å². The van der Waals surface area contributed by atoms with Crippen molar-refractivity contribution >= 4 is 16.1 Å². The maximum atomic E-state index is 12.5. The van der Waals surface area contributed by atoms with Crippen molar-refractivity contribution in [1.29, 1.82) is 0 Å². The number of hydrogen-bond acceptors (Lipinski definition) is 5. The molecule has 164 valence electrons. The molecule has 1 aromatic rings. The molecule has 1 amide bonds. The Morgan fingerprint density at radius 3 is 2.28 bits per heavy atom. The van der Waals surface area contributed by atoms with Gasteiger partial charge in [-0.3, -0.25) is 4.98 Å². The first-order valence-electron chi connectivity index (χ1n) is 8.29. The van der Waals surface area contributed by atoms with Gasteiger partial charge in [0.25, 0.3) is 6.10 Å². The topological polar surface area (TPSA) is 88.6 Å². The number of alkyl halides is 6. The minimum Gasteiger partial charge on any atom is -0.426 e. The predicted octanol–water partition coefficient (Wildman–Crippen LogP) is 2.70. The molecule has 1 fully saturated rings. The van der Waals surface area contributed by atoms with E-state index in [1.807, 2.05) is 0 Å². The van der Waals surface area contributed by atoms with Crippen molar-refractivity contribution in [2.24, 2.45) is 5.92 Å². The summed E-state index contributed by atoms with van der Waals surface area (Å²) in [7, 11) is -3.81. The Balaban J connectivity index is 1.86. The quantitative estimate of drug-likeness (QED) is 0.699. The van der Waals surface area contributed by atoms with Crippen LogP contribution in [0, 0.1) is 5.92 Å². The number of amides is 1. The summed E-state index contributed by atoms with van der Waals surface area (Å²) in [4.78, 5) is 16.1. The van der Waals surface area contributed by atoms with Crippen molar-refractivity contribution in [3.8, 4) is 0 Å². The molecule has 0 aliphatic carbocycles. The van der Waals surface area contributed by atoms with Crippen LogP contribution in [-0.2, 0) is 14.8 Å². The maximum Gasteiger partial charge on any atom is 0.434 e. The minimum absolute atomic E-state index is 0.00611. The molecule has 0 bridgehead atoms. The molecule has 0 unspecified atom stereocenters. The predicted molar refractivity (Wildman–Crippen MR) is 86.1 cm³/mol. The molecule has 0 aromatic carbocycles. The van der Waals surface area contributed by atoms with Gasteiger partial charge in [-0.05, 0) is 30.9 Å². The zero-order chi connectivity index (χ0) is 21.9. The fraction of sp³-hybridized carbons (Fsp3) is 0.600. The average molecular weight is 449 g/mol. The molecular weight excluding hydrogens is 432 g/mol. The number of piperidine rings is 1. The molecule has 14 heteroatoms. The van der Waals surface area contributed by atoms with E-state index in [1.165, 1.54) is 18.3 Å². The molecule has 0 spiro atoms. The highest BCUT2D eigenvalue weighted by Gasteiger charge is 2.60. The maximum absolute atomic E-state index is 12.5. The van der Waals surface area contributed by atoms with E-state index in [2.05, 4.69) is 14.4 Å². The van der Waals surface area contributed by atoms with Crippen LogP contribution in [-0.4, -0.2) is 62.5 Å². The molecule has 29 heavy (non-hydrogen) atoms. The molecule has 0 radical (unpaired) electrons. The molecule has 1 aliphatic heterocycles. The van der Waals surface area contributed by atoms with Crippen LogP contribution in [0.1, 0.15) is 12.8 Å². The van der Waals surface area contributed by atoms with Gasteiger partial charge in [0.2, 0.25) is 10.0 Å². The number of aromatic nitrogens is 1. The SMILES string of the molecule is O=C(OC(C(F)(F)F)C(F)(F)F)N1CCC(CNS(=O)(=O)c2cccnc2)CC1. The number of nitrogens with zero attached hydrogens (tertiary/aromatic N) is 2. The molecule has 2 rings (SSSR count). The fourth-order valence-electron chi connectivity index (χ4n) is 2.63. The van der Waals surface area contributed by atoms with Crippen LogP contribution in [0.25, 0.3) is 0 Å². The van der Waals surface area contributed by atoms with Gasteiger partial charge in [-0.15, -0.1) is 0 Å². The summed E-state index contributed by atoms with van der Waals surface area (Å²) < 4.78 is 105. The van der Waals surface area contributed by atoms with Crippen molar-refractivity contribution in [2.75, 3.05) is 19.6 Å². The van der Waals surface area contributed by atoms with E-state index in [-0.39, 0.29) is 43.3 Å². The molecule has 1 N–H and O–H groups in total. The number of sulfonamides is 1. The number of halogens is 6. The van der Waals surface area contributed by atoms with E-state index >= 15 is 0 Å². The Morgan fingerprint density at radius 1 is 1.21 bits per heavy atom. The van der Waals surface area contributed by atoms with Crippen LogP contribution >= 0.6 is 0 Å². The number of ether oxygens (including phenoxy) is 1. The monoisotopic (exact) mass is 449 g/mol. The number of likely N-dealkylation sites (tertiary alicyclic amines) is 1.